The minimum atomic E-state index is -0.612. The topological polar surface area (TPSA) is 87.7 Å². The molecule has 2 N–H and O–H groups in total. The Bertz CT molecular complexity index is 384. The van der Waals surface area contributed by atoms with Crippen molar-refractivity contribution in [1.82, 2.24) is 15.5 Å². The predicted octanol–water partition coefficient (Wildman–Crippen LogP) is -1.76. The van der Waals surface area contributed by atoms with Gasteiger partial charge in [-0.2, -0.15) is 0 Å². The van der Waals surface area contributed by atoms with Crippen molar-refractivity contribution in [2.45, 2.75) is 31.5 Å². The number of carbonyl (C=O) groups is 3. The molecule has 2 saturated heterocycles. The van der Waals surface area contributed by atoms with Crippen LogP contribution in [0.2, 0.25) is 0 Å². The average molecular weight is 255 g/mol. The van der Waals surface area contributed by atoms with Crippen molar-refractivity contribution in [3.63, 3.8) is 0 Å². The number of carbonyl (C=O) groups excluding carboxylic acids is 3. The highest BCUT2D eigenvalue weighted by Crippen LogP contribution is 2.15. The van der Waals surface area contributed by atoms with Crippen molar-refractivity contribution >= 4 is 17.7 Å². The molecule has 2 aliphatic heterocycles. The zero-order chi connectivity index (χ0) is 13.3. The van der Waals surface area contributed by atoms with Crippen LogP contribution in [0.3, 0.4) is 0 Å². The van der Waals surface area contributed by atoms with E-state index in [1.165, 1.54) is 4.90 Å². The van der Waals surface area contributed by atoms with Crippen molar-refractivity contribution < 1.29 is 19.1 Å². The second-order valence-electron chi connectivity index (χ2n) is 4.61. The Hall–Kier alpha value is -1.47. The van der Waals surface area contributed by atoms with Crippen molar-refractivity contribution in [2.24, 2.45) is 0 Å². The van der Waals surface area contributed by atoms with Crippen molar-refractivity contribution in [3.8, 4) is 0 Å². The molecule has 18 heavy (non-hydrogen) atoms. The van der Waals surface area contributed by atoms with Gasteiger partial charge in [-0.1, -0.05) is 0 Å². The van der Waals surface area contributed by atoms with E-state index in [2.05, 4.69) is 10.6 Å². The van der Waals surface area contributed by atoms with Crippen molar-refractivity contribution in [3.05, 3.63) is 0 Å². The van der Waals surface area contributed by atoms with Crippen LogP contribution < -0.4 is 10.6 Å². The summed E-state index contributed by atoms with van der Waals surface area (Å²) in [6.45, 7) is 2.15. The molecule has 7 heteroatoms. The number of imide groups is 1. The molecule has 3 atom stereocenters. The number of rotatable bonds is 2. The van der Waals surface area contributed by atoms with Gasteiger partial charge in [0.15, 0.2) is 0 Å². The molecule has 7 nitrogen and oxygen atoms in total. The second kappa shape index (κ2) is 5.03. The van der Waals surface area contributed by atoms with E-state index in [4.69, 9.17) is 4.74 Å². The standard InChI is InChI=1S/C11H17N3O4/c1-6-10(16)13-9(15)5-14(6)11(17)8-3-7(18-2)4-12-8/h6-8,12H,3-5H2,1-2H3,(H,13,15,16). The number of methoxy groups -OCH3 is 1. The highest BCUT2D eigenvalue weighted by molar-refractivity contribution is 6.04. The molecule has 0 aliphatic carbocycles. The molecule has 0 aromatic carbocycles. The smallest absolute Gasteiger partial charge is 0.249 e. The molecule has 100 valence electrons. The predicted molar refractivity (Wildman–Crippen MR) is 61.5 cm³/mol. The van der Waals surface area contributed by atoms with Gasteiger partial charge in [0.1, 0.15) is 12.6 Å². The van der Waals surface area contributed by atoms with E-state index in [9.17, 15) is 14.4 Å². The van der Waals surface area contributed by atoms with Crippen LogP contribution in [0.1, 0.15) is 13.3 Å². The van der Waals surface area contributed by atoms with E-state index in [0.29, 0.717) is 13.0 Å². The van der Waals surface area contributed by atoms with E-state index in [-0.39, 0.29) is 24.6 Å². The summed E-state index contributed by atoms with van der Waals surface area (Å²) in [6, 6.07) is -0.991. The molecule has 0 spiro atoms. The highest BCUT2D eigenvalue weighted by atomic mass is 16.5. The van der Waals surface area contributed by atoms with E-state index in [1.807, 2.05) is 0 Å². The lowest BCUT2D eigenvalue weighted by Crippen LogP contribution is -2.61. The lowest BCUT2D eigenvalue weighted by molar-refractivity contribution is -0.150. The number of hydrogen-bond acceptors (Lipinski definition) is 5. The molecule has 0 aromatic heterocycles. The Morgan fingerprint density at radius 3 is 2.78 bits per heavy atom. The van der Waals surface area contributed by atoms with Gasteiger partial charge < -0.3 is 15.0 Å². The number of nitrogens with zero attached hydrogens (tertiary/aromatic N) is 1. The molecule has 0 aromatic rings. The summed E-state index contributed by atoms with van der Waals surface area (Å²) in [5.41, 5.74) is 0. The molecule has 3 unspecified atom stereocenters. The minimum Gasteiger partial charge on any atom is -0.380 e. The van der Waals surface area contributed by atoms with Gasteiger partial charge in [-0.3, -0.25) is 19.7 Å². The van der Waals surface area contributed by atoms with Crippen LogP contribution in [0.5, 0.6) is 0 Å². The number of amides is 3. The number of piperazine rings is 1. The van der Waals surface area contributed by atoms with Crippen LogP contribution in [0.25, 0.3) is 0 Å². The maximum atomic E-state index is 12.2. The SMILES string of the molecule is COC1CNC(C(=O)N2CC(=O)NC(=O)C2C)C1. The number of ether oxygens (including phenoxy) is 1. The third-order valence-corrected chi connectivity index (χ3v) is 3.43. The van der Waals surface area contributed by atoms with Crippen molar-refractivity contribution in [1.29, 1.82) is 0 Å². The first-order valence-electron chi connectivity index (χ1n) is 5.93. The molecular weight excluding hydrogens is 238 g/mol. The molecule has 2 aliphatic rings. The van der Waals surface area contributed by atoms with Crippen LogP contribution in [-0.4, -0.2) is 61.0 Å². The Morgan fingerprint density at radius 1 is 1.44 bits per heavy atom. The van der Waals surface area contributed by atoms with Gasteiger partial charge in [0, 0.05) is 13.7 Å². The monoisotopic (exact) mass is 255 g/mol. The van der Waals surface area contributed by atoms with Crippen LogP contribution in [0, 0.1) is 0 Å². The van der Waals surface area contributed by atoms with Crippen LogP contribution in [-0.2, 0) is 19.1 Å². The number of hydrogen-bond donors (Lipinski definition) is 2. The van der Waals surface area contributed by atoms with E-state index >= 15 is 0 Å². The van der Waals surface area contributed by atoms with Gasteiger partial charge in [-0.05, 0) is 13.3 Å². The third-order valence-electron chi connectivity index (χ3n) is 3.43. The van der Waals surface area contributed by atoms with Crippen LogP contribution >= 0.6 is 0 Å². The van der Waals surface area contributed by atoms with E-state index in [0.717, 1.165) is 0 Å². The molecule has 0 radical (unpaired) electrons. The molecule has 2 rings (SSSR count). The Morgan fingerprint density at radius 2 is 2.17 bits per heavy atom. The molecule has 3 amide bonds. The normalized spacial score (nSPS) is 32.6. The molecule has 0 saturated carbocycles. The first kappa shape index (κ1) is 13.0. The van der Waals surface area contributed by atoms with Gasteiger partial charge in [-0.15, -0.1) is 0 Å². The minimum absolute atomic E-state index is 0.00331. The molecular formula is C11H17N3O4. The van der Waals surface area contributed by atoms with E-state index in [1.54, 1.807) is 14.0 Å². The fraction of sp³-hybridized carbons (Fsp3) is 0.727. The Labute approximate surface area is 105 Å². The zero-order valence-corrected chi connectivity index (χ0v) is 10.4. The van der Waals surface area contributed by atoms with Crippen LogP contribution in [0.15, 0.2) is 0 Å². The lowest BCUT2D eigenvalue weighted by atomic mass is 10.1. The van der Waals surface area contributed by atoms with E-state index < -0.39 is 17.9 Å². The van der Waals surface area contributed by atoms with Crippen molar-refractivity contribution in [2.75, 3.05) is 20.2 Å². The molecule has 2 heterocycles. The lowest BCUT2D eigenvalue weighted by Gasteiger charge is -2.33. The quantitative estimate of drug-likeness (QED) is 0.571. The third kappa shape index (κ3) is 2.37. The van der Waals surface area contributed by atoms with Gasteiger partial charge in [-0.25, -0.2) is 0 Å². The van der Waals surface area contributed by atoms with Gasteiger partial charge >= 0.3 is 0 Å². The Balaban J connectivity index is 2.04. The summed E-state index contributed by atoms with van der Waals surface area (Å²) in [6.07, 6.45) is 0.567. The summed E-state index contributed by atoms with van der Waals surface area (Å²) < 4.78 is 5.17. The fourth-order valence-corrected chi connectivity index (χ4v) is 2.25. The second-order valence-corrected chi connectivity index (χ2v) is 4.61. The summed E-state index contributed by atoms with van der Waals surface area (Å²) in [4.78, 5) is 36.3. The summed E-state index contributed by atoms with van der Waals surface area (Å²) in [7, 11) is 1.60. The maximum Gasteiger partial charge on any atom is 0.249 e. The Kier molecular flexibility index (Phi) is 3.63. The number of nitrogens with one attached hydrogen (secondary N) is 2. The summed E-state index contributed by atoms with van der Waals surface area (Å²) >= 11 is 0. The summed E-state index contributed by atoms with van der Waals surface area (Å²) in [5.74, 6) is -1.08. The maximum absolute atomic E-state index is 12.2. The first-order valence-corrected chi connectivity index (χ1v) is 5.93. The van der Waals surface area contributed by atoms with Gasteiger partial charge in [0.05, 0.1) is 12.1 Å². The highest BCUT2D eigenvalue weighted by Gasteiger charge is 2.39. The average Bonchev–Trinajstić information content (AvgIpc) is 2.81. The largest absolute Gasteiger partial charge is 0.380 e. The fourth-order valence-electron chi connectivity index (χ4n) is 2.25. The molecule has 0 bridgehead atoms. The zero-order valence-electron chi connectivity index (χ0n) is 10.4. The van der Waals surface area contributed by atoms with Gasteiger partial charge in [0.2, 0.25) is 17.7 Å². The first-order chi connectivity index (χ1) is 8.52. The van der Waals surface area contributed by atoms with Gasteiger partial charge in [0.25, 0.3) is 0 Å². The van der Waals surface area contributed by atoms with Crippen LogP contribution in [0.4, 0.5) is 0 Å². The molecule has 2 fully saturated rings. The summed E-state index contributed by atoms with van der Waals surface area (Å²) in [5, 5.41) is 5.25.